The summed E-state index contributed by atoms with van der Waals surface area (Å²) in [5.74, 6) is 0.721. The van der Waals surface area contributed by atoms with Gasteiger partial charge >= 0.3 is 0 Å². The average Bonchev–Trinajstić information content (AvgIpc) is 2.50. The van der Waals surface area contributed by atoms with Crippen LogP contribution in [0.5, 0.6) is 0 Å². The summed E-state index contributed by atoms with van der Waals surface area (Å²) >= 11 is 0. The van der Waals surface area contributed by atoms with Crippen LogP contribution in [0.15, 0.2) is 0 Å². The van der Waals surface area contributed by atoms with Gasteiger partial charge in [0.05, 0.1) is 5.69 Å². The molecule has 0 aliphatic heterocycles. The van der Waals surface area contributed by atoms with Gasteiger partial charge in [0.25, 0.3) is 0 Å². The highest BCUT2D eigenvalue weighted by Crippen LogP contribution is 2.21. The second-order valence-corrected chi connectivity index (χ2v) is 4.74. The fraction of sp³-hybridized carbons (Fsp3) is 0.769. The highest BCUT2D eigenvalue weighted by Gasteiger charge is 2.16. The Morgan fingerprint density at radius 1 is 1.25 bits per heavy atom. The quantitative estimate of drug-likeness (QED) is 0.834. The van der Waals surface area contributed by atoms with Crippen molar-refractivity contribution in [2.75, 3.05) is 0 Å². The van der Waals surface area contributed by atoms with Crippen molar-refractivity contribution < 1.29 is 0 Å². The van der Waals surface area contributed by atoms with E-state index < -0.39 is 0 Å². The van der Waals surface area contributed by atoms with Crippen LogP contribution in [0.2, 0.25) is 0 Å². The molecule has 0 saturated heterocycles. The van der Waals surface area contributed by atoms with Gasteiger partial charge in [-0.05, 0) is 26.7 Å². The highest BCUT2D eigenvalue weighted by molar-refractivity contribution is 5.27. The van der Waals surface area contributed by atoms with E-state index in [4.69, 9.17) is 5.73 Å². The van der Waals surface area contributed by atoms with Crippen LogP contribution in [0.4, 0.5) is 0 Å². The first-order valence-electron chi connectivity index (χ1n) is 6.30. The number of hydrogen-bond acceptors (Lipinski definition) is 2. The van der Waals surface area contributed by atoms with Gasteiger partial charge in [0, 0.05) is 23.8 Å². The van der Waals surface area contributed by atoms with Crippen LogP contribution in [0.25, 0.3) is 0 Å². The summed E-state index contributed by atoms with van der Waals surface area (Å²) < 4.78 is 2.13. The van der Waals surface area contributed by atoms with E-state index in [1.54, 1.807) is 0 Å². The molecule has 0 aliphatic carbocycles. The summed E-state index contributed by atoms with van der Waals surface area (Å²) in [6, 6.07) is 0.0791. The number of nitrogens with zero attached hydrogens (tertiary/aromatic N) is 2. The Bertz CT molecular complexity index is 335. The van der Waals surface area contributed by atoms with E-state index in [2.05, 4.69) is 37.5 Å². The molecule has 1 atom stereocenters. The summed E-state index contributed by atoms with van der Waals surface area (Å²) in [5, 5.41) is 4.60. The van der Waals surface area contributed by atoms with Gasteiger partial charge in [-0.2, -0.15) is 5.10 Å². The molecule has 0 spiro atoms. The largest absolute Gasteiger partial charge is 0.324 e. The maximum Gasteiger partial charge on any atom is 0.0644 e. The van der Waals surface area contributed by atoms with E-state index >= 15 is 0 Å². The lowest BCUT2D eigenvalue weighted by Crippen LogP contribution is -2.13. The third-order valence-electron chi connectivity index (χ3n) is 3.48. The smallest absolute Gasteiger partial charge is 0.0644 e. The van der Waals surface area contributed by atoms with Gasteiger partial charge in [0.1, 0.15) is 0 Å². The summed E-state index contributed by atoms with van der Waals surface area (Å²) in [6.07, 6.45) is 2.42. The Morgan fingerprint density at radius 2 is 1.81 bits per heavy atom. The normalized spacial score (nSPS) is 13.4. The van der Waals surface area contributed by atoms with Crippen LogP contribution in [0, 0.1) is 19.8 Å². The molecule has 0 fully saturated rings. The molecule has 3 heteroatoms. The molecule has 16 heavy (non-hydrogen) atoms. The first-order chi connectivity index (χ1) is 7.51. The molecule has 0 saturated carbocycles. The van der Waals surface area contributed by atoms with Gasteiger partial charge in [-0.25, -0.2) is 0 Å². The zero-order valence-electron chi connectivity index (χ0n) is 11.2. The Balaban J connectivity index is 2.94. The molecule has 0 bridgehead atoms. The van der Waals surface area contributed by atoms with Crippen molar-refractivity contribution in [3.05, 3.63) is 17.0 Å². The standard InChI is InChI=1S/C13H25N3/c1-6-12(7-2)8-16-11(5)13(9(3)14)10(4)15-16/h9,12H,6-8,14H2,1-5H3. The van der Waals surface area contributed by atoms with Crippen molar-refractivity contribution in [2.45, 2.75) is 60.0 Å². The molecular weight excluding hydrogens is 198 g/mol. The van der Waals surface area contributed by atoms with Gasteiger partial charge < -0.3 is 5.73 Å². The van der Waals surface area contributed by atoms with E-state index in [1.807, 2.05) is 6.92 Å². The molecule has 0 radical (unpaired) electrons. The van der Waals surface area contributed by atoms with Crippen molar-refractivity contribution >= 4 is 0 Å². The molecule has 1 heterocycles. The fourth-order valence-electron chi connectivity index (χ4n) is 2.34. The van der Waals surface area contributed by atoms with Gasteiger partial charge in [-0.1, -0.05) is 26.7 Å². The van der Waals surface area contributed by atoms with Crippen LogP contribution >= 0.6 is 0 Å². The lowest BCUT2D eigenvalue weighted by molar-refractivity contribution is 0.390. The topological polar surface area (TPSA) is 43.8 Å². The first-order valence-corrected chi connectivity index (χ1v) is 6.30. The number of rotatable bonds is 5. The summed E-state index contributed by atoms with van der Waals surface area (Å²) in [4.78, 5) is 0. The van der Waals surface area contributed by atoms with Crippen LogP contribution in [-0.2, 0) is 6.54 Å². The Hall–Kier alpha value is -0.830. The number of aromatic nitrogens is 2. The van der Waals surface area contributed by atoms with Gasteiger partial charge in [-0.3, -0.25) is 4.68 Å². The second kappa shape index (κ2) is 5.48. The van der Waals surface area contributed by atoms with Crippen LogP contribution in [-0.4, -0.2) is 9.78 Å². The molecule has 1 aromatic rings. The predicted molar refractivity (Wildman–Crippen MR) is 68.4 cm³/mol. The van der Waals surface area contributed by atoms with Gasteiger partial charge in [0.2, 0.25) is 0 Å². The van der Waals surface area contributed by atoms with Gasteiger partial charge in [-0.15, -0.1) is 0 Å². The van der Waals surface area contributed by atoms with Crippen molar-refractivity contribution in [2.24, 2.45) is 11.7 Å². The number of aryl methyl sites for hydroxylation is 1. The van der Waals surface area contributed by atoms with Crippen LogP contribution < -0.4 is 5.73 Å². The fourth-order valence-corrected chi connectivity index (χ4v) is 2.34. The first kappa shape index (κ1) is 13.2. The Morgan fingerprint density at radius 3 is 2.19 bits per heavy atom. The third kappa shape index (κ3) is 2.64. The lowest BCUT2D eigenvalue weighted by Gasteiger charge is -2.14. The average molecular weight is 223 g/mol. The minimum atomic E-state index is 0.0791. The summed E-state index contributed by atoms with van der Waals surface area (Å²) in [6.45, 7) is 11.7. The van der Waals surface area contributed by atoms with Crippen molar-refractivity contribution in [1.29, 1.82) is 0 Å². The van der Waals surface area contributed by atoms with E-state index in [0.717, 1.165) is 18.2 Å². The third-order valence-corrected chi connectivity index (χ3v) is 3.48. The van der Waals surface area contributed by atoms with Crippen molar-refractivity contribution in [3.8, 4) is 0 Å². The molecule has 0 aromatic carbocycles. The molecule has 3 nitrogen and oxygen atoms in total. The SMILES string of the molecule is CCC(CC)Cn1nc(C)c(C(C)N)c1C. The molecule has 92 valence electrons. The molecular formula is C13H25N3. The summed E-state index contributed by atoms with van der Waals surface area (Å²) in [5.41, 5.74) is 9.50. The second-order valence-electron chi connectivity index (χ2n) is 4.74. The minimum Gasteiger partial charge on any atom is -0.324 e. The Kier molecular flexibility index (Phi) is 4.54. The molecule has 0 aliphatic rings. The molecule has 1 rings (SSSR count). The lowest BCUT2D eigenvalue weighted by atomic mass is 10.0. The van der Waals surface area contributed by atoms with E-state index in [-0.39, 0.29) is 6.04 Å². The molecule has 1 unspecified atom stereocenters. The minimum absolute atomic E-state index is 0.0791. The zero-order chi connectivity index (χ0) is 12.3. The van der Waals surface area contributed by atoms with Crippen LogP contribution in [0.3, 0.4) is 0 Å². The monoisotopic (exact) mass is 223 g/mol. The maximum absolute atomic E-state index is 5.97. The molecule has 0 amide bonds. The molecule has 2 N–H and O–H groups in total. The number of nitrogens with two attached hydrogens (primary N) is 1. The van der Waals surface area contributed by atoms with Gasteiger partial charge in [0.15, 0.2) is 0 Å². The van der Waals surface area contributed by atoms with Crippen LogP contribution in [0.1, 0.15) is 56.6 Å². The zero-order valence-corrected chi connectivity index (χ0v) is 11.2. The molecule has 1 aromatic heterocycles. The van der Waals surface area contributed by atoms with E-state index in [0.29, 0.717) is 0 Å². The predicted octanol–water partition coefficient (Wildman–Crippen LogP) is 2.96. The summed E-state index contributed by atoms with van der Waals surface area (Å²) in [7, 11) is 0. The highest BCUT2D eigenvalue weighted by atomic mass is 15.3. The Labute approximate surface area is 99.0 Å². The van der Waals surface area contributed by atoms with E-state index in [1.165, 1.54) is 24.1 Å². The van der Waals surface area contributed by atoms with Crippen molar-refractivity contribution in [1.82, 2.24) is 9.78 Å². The van der Waals surface area contributed by atoms with Crippen molar-refractivity contribution in [3.63, 3.8) is 0 Å². The van der Waals surface area contributed by atoms with E-state index in [9.17, 15) is 0 Å². The number of hydrogen-bond donors (Lipinski definition) is 1. The maximum atomic E-state index is 5.97.